The third-order valence-electron chi connectivity index (χ3n) is 8.08. The normalized spacial score (nSPS) is 17.8. The fourth-order valence-corrected chi connectivity index (χ4v) is 5.42. The van der Waals surface area contributed by atoms with E-state index in [1.54, 1.807) is 0 Å². The number of ether oxygens (including phenoxy) is 2. The first-order valence-corrected chi connectivity index (χ1v) is 17.6. The van der Waals surface area contributed by atoms with E-state index in [4.69, 9.17) is 9.47 Å². The van der Waals surface area contributed by atoms with Gasteiger partial charge in [0.25, 0.3) is 0 Å². The summed E-state index contributed by atoms with van der Waals surface area (Å²) in [5.41, 5.74) is 0. The first-order valence-electron chi connectivity index (χ1n) is 17.6. The van der Waals surface area contributed by atoms with E-state index in [0.717, 1.165) is 26.3 Å². The summed E-state index contributed by atoms with van der Waals surface area (Å²) in [5.74, 6) is 0. The Balaban J connectivity index is 1.84. The number of hydrogen-bond donors (Lipinski definition) is 1. The van der Waals surface area contributed by atoms with Crippen LogP contribution >= 0.6 is 0 Å². The summed E-state index contributed by atoms with van der Waals surface area (Å²) in [7, 11) is 0. The maximum absolute atomic E-state index is 6.20. The van der Waals surface area contributed by atoms with Crippen molar-refractivity contribution in [3.63, 3.8) is 0 Å². The predicted octanol–water partition coefficient (Wildman–Crippen LogP) is 10.9. The summed E-state index contributed by atoms with van der Waals surface area (Å²) < 4.78 is 12.4. The summed E-state index contributed by atoms with van der Waals surface area (Å²) in [5, 5.41) is 3.47. The molecule has 1 unspecified atom stereocenters. The Morgan fingerprint density at radius 1 is 0.436 bits per heavy atom. The molecule has 2 atom stereocenters. The summed E-state index contributed by atoms with van der Waals surface area (Å²) in [6.45, 7) is 8.24. The van der Waals surface area contributed by atoms with Gasteiger partial charge in [-0.25, -0.2) is 0 Å². The third kappa shape index (κ3) is 24.8. The average molecular weight is 548 g/mol. The molecule has 3 nitrogen and oxygen atoms in total. The molecule has 39 heavy (non-hydrogen) atoms. The van der Waals surface area contributed by atoms with E-state index in [1.165, 1.54) is 154 Å². The van der Waals surface area contributed by atoms with Crippen LogP contribution < -0.4 is 5.32 Å². The van der Waals surface area contributed by atoms with Gasteiger partial charge in [-0.05, 0) is 64.2 Å². The Morgan fingerprint density at radius 2 is 0.744 bits per heavy atom. The quantitative estimate of drug-likeness (QED) is 0.0716. The second-order valence-corrected chi connectivity index (χ2v) is 11.9. The lowest BCUT2D eigenvalue weighted by Gasteiger charge is -2.20. The molecule has 0 aliphatic carbocycles. The largest absolute Gasteiger partial charge is 0.374 e. The molecule has 3 heteroatoms. The van der Waals surface area contributed by atoms with Gasteiger partial charge in [-0.15, -0.1) is 0 Å². The predicted molar refractivity (Wildman–Crippen MR) is 173 cm³/mol. The number of allylic oxidation sites excluding steroid dienone is 4. The zero-order chi connectivity index (χ0) is 27.9. The van der Waals surface area contributed by atoms with Gasteiger partial charge in [0.1, 0.15) is 0 Å². The summed E-state index contributed by atoms with van der Waals surface area (Å²) in [6.07, 6.45) is 42.1. The molecule has 1 N–H and O–H groups in total. The van der Waals surface area contributed by atoms with Crippen molar-refractivity contribution in [2.24, 2.45) is 0 Å². The van der Waals surface area contributed by atoms with Crippen molar-refractivity contribution in [2.75, 3.05) is 26.3 Å². The van der Waals surface area contributed by atoms with E-state index in [0.29, 0.717) is 0 Å². The van der Waals surface area contributed by atoms with E-state index in [-0.39, 0.29) is 12.2 Å². The van der Waals surface area contributed by atoms with Gasteiger partial charge in [0.15, 0.2) is 0 Å². The molecule has 1 heterocycles. The second-order valence-electron chi connectivity index (χ2n) is 11.9. The zero-order valence-electron chi connectivity index (χ0n) is 26.6. The average Bonchev–Trinajstić information content (AvgIpc) is 3.40. The molecule has 0 spiro atoms. The minimum absolute atomic E-state index is 0.249. The maximum Gasteiger partial charge on any atom is 0.0973 e. The fraction of sp³-hybridized carbons (Fsp3) is 0.889. The van der Waals surface area contributed by atoms with Crippen LogP contribution in [-0.4, -0.2) is 38.5 Å². The van der Waals surface area contributed by atoms with E-state index in [2.05, 4.69) is 43.5 Å². The van der Waals surface area contributed by atoms with Gasteiger partial charge in [-0.2, -0.15) is 0 Å². The fourth-order valence-electron chi connectivity index (χ4n) is 5.42. The number of nitrogens with one attached hydrogen (secondary N) is 1. The molecule has 1 aliphatic rings. The first-order chi connectivity index (χ1) is 19.4. The highest BCUT2D eigenvalue weighted by Gasteiger charge is 2.28. The van der Waals surface area contributed by atoms with Crippen LogP contribution in [0.25, 0.3) is 0 Å². The van der Waals surface area contributed by atoms with Gasteiger partial charge in [-0.3, -0.25) is 0 Å². The molecule has 0 aromatic rings. The monoisotopic (exact) mass is 548 g/mol. The van der Waals surface area contributed by atoms with Gasteiger partial charge in [0, 0.05) is 26.3 Å². The van der Waals surface area contributed by atoms with Crippen molar-refractivity contribution in [2.45, 2.75) is 180 Å². The maximum atomic E-state index is 6.20. The molecule has 230 valence electrons. The van der Waals surface area contributed by atoms with Crippen molar-refractivity contribution in [3.8, 4) is 0 Å². The molecule has 1 fully saturated rings. The lowest BCUT2D eigenvalue weighted by atomic mass is 10.1. The third-order valence-corrected chi connectivity index (χ3v) is 8.08. The van der Waals surface area contributed by atoms with Crippen molar-refractivity contribution < 1.29 is 9.47 Å². The van der Waals surface area contributed by atoms with Gasteiger partial charge >= 0.3 is 0 Å². The van der Waals surface area contributed by atoms with E-state index in [1.807, 2.05) is 0 Å². The molecular weight excluding hydrogens is 478 g/mol. The van der Waals surface area contributed by atoms with Crippen LogP contribution in [0.1, 0.15) is 168 Å². The summed E-state index contributed by atoms with van der Waals surface area (Å²) >= 11 is 0. The first kappa shape index (κ1) is 36.4. The van der Waals surface area contributed by atoms with Crippen molar-refractivity contribution in [1.29, 1.82) is 0 Å². The second kappa shape index (κ2) is 30.3. The Labute approximate surface area is 245 Å². The zero-order valence-corrected chi connectivity index (χ0v) is 26.6. The topological polar surface area (TPSA) is 30.5 Å². The van der Waals surface area contributed by atoms with Gasteiger partial charge in [0.2, 0.25) is 0 Å². The van der Waals surface area contributed by atoms with Gasteiger partial charge in [-0.1, -0.05) is 128 Å². The van der Waals surface area contributed by atoms with Crippen LogP contribution in [0.15, 0.2) is 24.3 Å². The van der Waals surface area contributed by atoms with E-state index >= 15 is 0 Å². The van der Waals surface area contributed by atoms with Crippen LogP contribution in [0.3, 0.4) is 0 Å². The van der Waals surface area contributed by atoms with E-state index < -0.39 is 0 Å². The van der Waals surface area contributed by atoms with Gasteiger partial charge < -0.3 is 14.8 Å². The van der Waals surface area contributed by atoms with Crippen molar-refractivity contribution in [3.05, 3.63) is 24.3 Å². The molecule has 0 aromatic carbocycles. The van der Waals surface area contributed by atoms with Crippen LogP contribution in [0, 0.1) is 0 Å². The molecule has 1 aliphatic heterocycles. The summed E-state index contributed by atoms with van der Waals surface area (Å²) in [6, 6.07) is 0. The minimum atomic E-state index is 0.249. The molecule has 0 amide bonds. The molecule has 0 bridgehead atoms. The highest BCUT2D eigenvalue weighted by molar-refractivity contribution is 4.83. The van der Waals surface area contributed by atoms with Crippen LogP contribution in [-0.2, 0) is 9.47 Å². The highest BCUT2D eigenvalue weighted by Crippen LogP contribution is 2.14. The number of hydrogen-bond acceptors (Lipinski definition) is 3. The molecule has 0 radical (unpaired) electrons. The Kier molecular flexibility index (Phi) is 28.3. The van der Waals surface area contributed by atoms with Crippen LogP contribution in [0.4, 0.5) is 0 Å². The molecule has 0 saturated carbocycles. The smallest absolute Gasteiger partial charge is 0.0973 e. The molecule has 0 aromatic heterocycles. The number of rotatable bonds is 30. The molecular formula is C36H69NO2. The molecule has 1 saturated heterocycles. The SMILES string of the molecule is CCCCCCC=CCCCCCCCCOC1CNC[C@H]1OCCCCCCCCC=CCCCCCC. The lowest BCUT2D eigenvalue weighted by molar-refractivity contribution is -0.0481. The van der Waals surface area contributed by atoms with Gasteiger partial charge in [0.05, 0.1) is 12.2 Å². The van der Waals surface area contributed by atoms with Crippen LogP contribution in [0.5, 0.6) is 0 Å². The van der Waals surface area contributed by atoms with Crippen LogP contribution in [0.2, 0.25) is 0 Å². The van der Waals surface area contributed by atoms with Crippen molar-refractivity contribution in [1.82, 2.24) is 5.32 Å². The van der Waals surface area contributed by atoms with E-state index in [9.17, 15) is 0 Å². The standard InChI is InChI=1S/C36H69NO2/c1-3-5-7-9-11-13-15-17-19-21-23-25-27-29-31-38-35-33-37-34-36(35)39-32-30-28-26-24-22-20-18-16-14-12-10-8-6-4-2/h13-16,35-37H,3-12,17-34H2,1-2H3/t35-,36?/m1/s1. The highest BCUT2D eigenvalue weighted by atomic mass is 16.5. The number of unbranched alkanes of at least 4 members (excludes halogenated alkanes) is 20. The molecule has 1 rings (SSSR count). The summed E-state index contributed by atoms with van der Waals surface area (Å²) in [4.78, 5) is 0. The Morgan fingerprint density at radius 3 is 1.10 bits per heavy atom. The lowest BCUT2D eigenvalue weighted by Crippen LogP contribution is -2.30. The Hall–Kier alpha value is -0.640. The van der Waals surface area contributed by atoms with Crippen molar-refractivity contribution >= 4 is 0 Å². The minimum Gasteiger partial charge on any atom is -0.374 e. The Bertz CT molecular complexity index is 486.